The van der Waals surface area contributed by atoms with E-state index in [4.69, 9.17) is 5.21 Å². The lowest BCUT2D eigenvalue weighted by Gasteiger charge is -2.11. The minimum Gasteiger partial charge on any atom is -0.366 e. The van der Waals surface area contributed by atoms with E-state index in [0.29, 0.717) is 12.4 Å². The van der Waals surface area contributed by atoms with Gasteiger partial charge in [-0.2, -0.15) is 0 Å². The summed E-state index contributed by atoms with van der Waals surface area (Å²) in [5.74, 6) is 0.0314. The summed E-state index contributed by atoms with van der Waals surface area (Å²) < 4.78 is 2.01. The van der Waals surface area contributed by atoms with Crippen molar-refractivity contribution in [1.29, 1.82) is 0 Å². The number of hydrogen-bond donors (Lipinski definition) is 3. The zero-order valence-corrected chi connectivity index (χ0v) is 15.3. The Bertz CT molecular complexity index is 1120. The van der Waals surface area contributed by atoms with E-state index >= 15 is 0 Å². The number of pyridine rings is 2. The molecule has 0 aliphatic heterocycles. The Morgan fingerprint density at radius 1 is 1.11 bits per heavy atom. The van der Waals surface area contributed by atoms with Gasteiger partial charge in [0.1, 0.15) is 11.5 Å². The van der Waals surface area contributed by atoms with E-state index in [2.05, 4.69) is 58.7 Å². The van der Waals surface area contributed by atoms with Crippen LogP contribution in [0.1, 0.15) is 21.5 Å². The molecule has 0 fully saturated rings. The van der Waals surface area contributed by atoms with Crippen molar-refractivity contribution in [2.75, 3.05) is 5.32 Å². The molecule has 0 spiro atoms. The fourth-order valence-electron chi connectivity index (χ4n) is 3.02. The maximum atomic E-state index is 11.4. The number of benzene rings is 1. The number of rotatable bonds is 5. The average Bonchev–Trinajstić information content (AvgIpc) is 3.21. The molecule has 3 heterocycles. The lowest BCUT2D eigenvalue weighted by atomic mass is 10.0. The Morgan fingerprint density at radius 2 is 1.93 bits per heavy atom. The predicted molar refractivity (Wildman–Crippen MR) is 106 cm³/mol. The zero-order chi connectivity index (χ0) is 19.5. The Morgan fingerprint density at radius 3 is 2.64 bits per heavy atom. The molecule has 1 amide bonds. The molecular formula is C21H19N5O2. The Hall–Kier alpha value is -3.71. The number of fused-ring (bicyclic) bond motifs is 1. The van der Waals surface area contributed by atoms with Crippen molar-refractivity contribution in [2.45, 2.75) is 13.5 Å². The van der Waals surface area contributed by atoms with Crippen molar-refractivity contribution in [2.24, 2.45) is 0 Å². The quantitative estimate of drug-likeness (QED) is 0.368. The number of nitrogens with one attached hydrogen (secondary N) is 2. The molecule has 140 valence electrons. The maximum absolute atomic E-state index is 11.4. The molecule has 0 atom stereocenters. The van der Waals surface area contributed by atoms with Gasteiger partial charge in [-0.1, -0.05) is 29.8 Å². The molecule has 7 heteroatoms. The van der Waals surface area contributed by atoms with Crippen molar-refractivity contribution in [3.05, 3.63) is 83.9 Å². The summed E-state index contributed by atoms with van der Waals surface area (Å²) in [6, 6.07) is 13.8. The number of hydroxylamine groups is 1. The molecule has 0 radical (unpaired) electrons. The number of aryl methyl sites for hydroxylation is 1. The summed E-state index contributed by atoms with van der Waals surface area (Å²) in [4.78, 5) is 20.0. The van der Waals surface area contributed by atoms with E-state index in [1.807, 2.05) is 10.6 Å². The van der Waals surface area contributed by atoms with Crippen LogP contribution in [0.25, 0.3) is 16.8 Å². The second-order valence-electron chi connectivity index (χ2n) is 6.50. The number of anilines is 1. The van der Waals surface area contributed by atoms with Gasteiger partial charge in [-0.25, -0.2) is 15.4 Å². The molecule has 4 aromatic rings. The topological polar surface area (TPSA) is 91.5 Å². The molecule has 3 N–H and O–H groups in total. The van der Waals surface area contributed by atoms with Gasteiger partial charge in [0.15, 0.2) is 0 Å². The van der Waals surface area contributed by atoms with Crippen molar-refractivity contribution >= 4 is 17.4 Å². The molecule has 0 aliphatic carbocycles. The fourth-order valence-corrected chi connectivity index (χ4v) is 3.02. The number of imidazole rings is 1. The highest BCUT2D eigenvalue weighted by Gasteiger charge is 2.09. The third-order valence-corrected chi connectivity index (χ3v) is 4.54. The van der Waals surface area contributed by atoms with Crippen LogP contribution < -0.4 is 10.8 Å². The second-order valence-corrected chi connectivity index (χ2v) is 6.50. The van der Waals surface area contributed by atoms with Crippen LogP contribution in [0.2, 0.25) is 0 Å². The van der Waals surface area contributed by atoms with Gasteiger partial charge in [-0.05, 0) is 36.2 Å². The van der Waals surface area contributed by atoms with E-state index in [1.165, 1.54) is 11.8 Å². The summed E-state index contributed by atoms with van der Waals surface area (Å²) in [6.45, 7) is 2.60. The van der Waals surface area contributed by atoms with Crippen LogP contribution in [0, 0.1) is 6.92 Å². The van der Waals surface area contributed by atoms with Crippen LogP contribution in [0.15, 0.2) is 67.3 Å². The Balaban J connectivity index is 1.60. The van der Waals surface area contributed by atoms with Crippen LogP contribution in [-0.2, 0) is 6.54 Å². The molecule has 3 aromatic heterocycles. The van der Waals surface area contributed by atoms with E-state index in [0.717, 1.165) is 22.3 Å². The number of aromatic nitrogens is 3. The zero-order valence-electron chi connectivity index (χ0n) is 15.3. The summed E-state index contributed by atoms with van der Waals surface area (Å²) in [5.41, 5.74) is 7.24. The van der Waals surface area contributed by atoms with Crippen molar-refractivity contribution in [3.63, 3.8) is 0 Å². The molecule has 0 saturated heterocycles. The molecule has 7 nitrogen and oxygen atoms in total. The van der Waals surface area contributed by atoms with Crippen LogP contribution >= 0.6 is 0 Å². The normalized spacial score (nSPS) is 10.8. The van der Waals surface area contributed by atoms with Gasteiger partial charge in [-0.3, -0.25) is 10.0 Å². The summed E-state index contributed by atoms with van der Waals surface area (Å²) >= 11 is 0. The molecule has 0 unspecified atom stereocenters. The van der Waals surface area contributed by atoms with Crippen molar-refractivity contribution in [1.82, 2.24) is 19.8 Å². The van der Waals surface area contributed by atoms with E-state index in [9.17, 15) is 4.79 Å². The van der Waals surface area contributed by atoms with E-state index < -0.39 is 5.91 Å². The number of hydrogen-bond acceptors (Lipinski definition) is 5. The molecule has 1 aromatic carbocycles. The molecule has 0 bridgehead atoms. The first-order chi connectivity index (χ1) is 13.6. The van der Waals surface area contributed by atoms with Crippen LogP contribution in [-0.4, -0.2) is 25.5 Å². The van der Waals surface area contributed by atoms with Gasteiger partial charge in [-0.15, -0.1) is 0 Å². The fraction of sp³-hybridized carbons (Fsp3) is 0.0952. The Labute approximate surface area is 161 Å². The lowest BCUT2D eigenvalue weighted by Crippen LogP contribution is -2.18. The van der Waals surface area contributed by atoms with Crippen LogP contribution in [0.3, 0.4) is 0 Å². The number of amides is 1. The van der Waals surface area contributed by atoms with Crippen LogP contribution in [0.5, 0.6) is 0 Å². The van der Waals surface area contributed by atoms with Gasteiger partial charge >= 0.3 is 0 Å². The smallest absolute Gasteiger partial charge is 0.276 e. The third kappa shape index (κ3) is 3.56. The van der Waals surface area contributed by atoms with E-state index in [-0.39, 0.29) is 5.56 Å². The van der Waals surface area contributed by atoms with Crippen molar-refractivity contribution in [3.8, 4) is 11.1 Å². The average molecular weight is 373 g/mol. The van der Waals surface area contributed by atoms with E-state index in [1.54, 1.807) is 23.8 Å². The predicted octanol–water partition coefficient (Wildman–Crippen LogP) is 3.44. The SMILES string of the molecule is Cc1ccc(-c2cc(CNc3ccc(C(=O)NO)cn3)c3nccn3c2)cc1. The number of carbonyl (C=O) groups is 1. The Kier molecular flexibility index (Phi) is 4.74. The molecule has 0 aliphatic rings. The maximum Gasteiger partial charge on any atom is 0.276 e. The largest absolute Gasteiger partial charge is 0.366 e. The number of nitrogens with zero attached hydrogens (tertiary/aromatic N) is 3. The molecule has 0 saturated carbocycles. The van der Waals surface area contributed by atoms with Gasteiger partial charge in [0.25, 0.3) is 5.91 Å². The minimum absolute atomic E-state index is 0.282. The first-order valence-electron chi connectivity index (χ1n) is 8.81. The summed E-state index contributed by atoms with van der Waals surface area (Å²) in [6.07, 6.45) is 7.17. The first-order valence-corrected chi connectivity index (χ1v) is 8.81. The molecule has 4 rings (SSSR count). The van der Waals surface area contributed by atoms with Gasteiger partial charge in [0, 0.05) is 36.9 Å². The van der Waals surface area contributed by atoms with Gasteiger partial charge in [0.2, 0.25) is 0 Å². The first kappa shape index (κ1) is 17.7. The van der Waals surface area contributed by atoms with Crippen LogP contribution in [0.4, 0.5) is 5.82 Å². The standard InChI is InChI=1S/C21H19N5O2/c1-14-2-4-15(5-3-14)18-10-17(20-22-8-9-26(20)13-18)12-24-19-7-6-16(11-23-19)21(27)25-28/h2-11,13,28H,12H2,1H3,(H,23,24)(H,25,27). The summed E-state index contributed by atoms with van der Waals surface area (Å²) in [7, 11) is 0. The second kappa shape index (κ2) is 7.50. The third-order valence-electron chi connectivity index (χ3n) is 4.54. The monoisotopic (exact) mass is 373 g/mol. The highest BCUT2D eigenvalue weighted by Crippen LogP contribution is 2.24. The van der Waals surface area contributed by atoms with Crippen molar-refractivity contribution < 1.29 is 10.0 Å². The lowest BCUT2D eigenvalue weighted by molar-refractivity contribution is 0.0706. The number of carbonyl (C=O) groups excluding carboxylic acids is 1. The molecule has 28 heavy (non-hydrogen) atoms. The van der Waals surface area contributed by atoms with Gasteiger partial charge < -0.3 is 9.72 Å². The minimum atomic E-state index is -0.594. The molecular weight excluding hydrogens is 354 g/mol. The van der Waals surface area contributed by atoms with Gasteiger partial charge in [0.05, 0.1) is 5.56 Å². The summed E-state index contributed by atoms with van der Waals surface area (Å²) in [5, 5.41) is 11.9. The highest BCUT2D eigenvalue weighted by atomic mass is 16.5. The highest BCUT2D eigenvalue weighted by molar-refractivity contribution is 5.93.